The minimum atomic E-state index is 0.309. The number of hydrogen-bond donors (Lipinski definition) is 1. The van der Waals surface area contributed by atoms with Crippen molar-refractivity contribution in [3.63, 3.8) is 0 Å². The fourth-order valence-electron chi connectivity index (χ4n) is 3.52. The van der Waals surface area contributed by atoms with Crippen LogP contribution in [0.5, 0.6) is 0 Å². The maximum Gasteiger partial charge on any atom is 0.0252 e. The van der Waals surface area contributed by atoms with E-state index in [9.17, 15) is 0 Å². The molecule has 0 aromatic carbocycles. The monoisotopic (exact) mass is 238 g/mol. The lowest BCUT2D eigenvalue weighted by Gasteiger charge is -2.30. The van der Waals surface area contributed by atoms with Gasteiger partial charge in [-0.3, -0.25) is 0 Å². The Bertz CT molecular complexity index is 219. The van der Waals surface area contributed by atoms with Gasteiger partial charge in [-0.1, -0.05) is 25.7 Å². The fraction of sp³-hybridized carbons (Fsp3) is 1.00. The van der Waals surface area contributed by atoms with E-state index in [1.54, 1.807) is 0 Å². The Balaban J connectivity index is 1.66. The zero-order valence-electron chi connectivity index (χ0n) is 11.8. The fourth-order valence-corrected chi connectivity index (χ4v) is 3.52. The molecule has 2 aliphatic rings. The molecular formula is C15H30N2. The van der Waals surface area contributed by atoms with Crippen LogP contribution in [0.2, 0.25) is 0 Å². The van der Waals surface area contributed by atoms with Gasteiger partial charge in [0.1, 0.15) is 0 Å². The third-order valence-electron chi connectivity index (χ3n) is 4.44. The molecule has 0 spiro atoms. The Kier molecular flexibility index (Phi) is 4.87. The first-order valence-corrected chi connectivity index (χ1v) is 7.63. The largest absolute Gasteiger partial charge is 0.310 e. The van der Waals surface area contributed by atoms with Crippen LogP contribution in [0.1, 0.15) is 58.8 Å². The minimum absolute atomic E-state index is 0.309. The molecule has 2 nitrogen and oxygen atoms in total. The molecule has 17 heavy (non-hydrogen) atoms. The molecule has 1 N–H and O–H groups in total. The predicted octanol–water partition coefficient (Wildman–Crippen LogP) is 3.03. The summed E-state index contributed by atoms with van der Waals surface area (Å²) in [5.41, 5.74) is 0.309. The predicted molar refractivity (Wildman–Crippen MR) is 74.3 cm³/mol. The van der Waals surface area contributed by atoms with Gasteiger partial charge >= 0.3 is 0 Å². The van der Waals surface area contributed by atoms with Gasteiger partial charge < -0.3 is 10.2 Å². The average molecular weight is 238 g/mol. The summed E-state index contributed by atoms with van der Waals surface area (Å²) in [6, 6.07) is 0. The van der Waals surface area contributed by atoms with Gasteiger partial charge in [0.25, 0.3) is 0 Å². The zero-order valence-corrected chi connectivity index (χ0v) is 11.8. The summed E-state index contributed by atoms with van der Waals surface area (Å²) < 4.78 is 0. The zero-order chi connectivity index (χ0) is 12.1. The van der Waals surface area contributed by atoms with Crippen molar-refractivity contribution in [2.75, 3.05) is 26.2 Å². The topological polar surface area (TPSA) is 15.3 Å². The van der Waals surface area contributed by atoms with Gasteiger partial charge in [-0.25, -0.2) is 0 Å². The average Bonchev–Trinajstić information content (AvgIpc) is 2.70. The van der Waals surface area contributed by atoms with Crippen LogP contribution in [0, 0.1) is 5.92 Å². The first-order valence-electron chi connectivity index (χ1n) is 7.63. The highest BCUT2D eigenvalue weighted by Crippen LogP contribution is 2.28. The normalized spacial score (nSPS) is 27.2. The Morgan fingerprint density at radius 2 is 1.94 bits per heavy atom. The first-order chi connectivity index (χ1) is 8.16. The van der Waals surface area contributed by atoms with Crippen molar-refractivity contribution in [2.45, 2.75) is 64.3 Å². The van der Waals surface area contributed by atoms with Gasteiger partial charge in [0, 0.05) is 12.1 Å². The molecule has 0 radical (unpaired) electrons. The Labute approximate surface area is 107 Å². The molecular weight excluding hydrogens is 208 g/mol. The van der Waals surface area contributed by atoms with Crippen LogP contribution in [0.25, 0.3) is 0 Å². The van der Waals surface area contributed by atoms with Gasteiger partial charge in [0.05, 0.1) is 0 Å². The Morgan fingerprint density at radius 3 is 2.71 bits per heavy atom. The minimum Gasteiger partial charge on any atom is -0.310 e. The smallest absolute Gasteiger partial charge is 0.0252 e. The van der Waals surface area contributed by atoms with Crippen LogP contribution in [0.3, 0.4) is 0 Å². The number of hydrogen-bond acceptors (Lipinski definition) is 2. The van der Waals surface area contributed by atoms with Crippen LogP contribution >= 0.6 is 0 Å². The van der Waals surface area contributed by atoms with E-state index in [1.165, 1.54) is 71.1 Å². The lowest BCUT2D eigenvalue weighted by atomic mass is 10.0. The number of nitrogens with one attached hydrogen (secondary N) is 1. The Hall–Kier alpha value is -0.0800. The highest BCUT2D eigenvalue weighted by atomic mass is 15.2. The van der Waals surface area contributed by atoms with Gasteiger partial charge in [-0.15, -0.1) is 0 Å². The number of rotatable bonds is 4. The molecule has 100 valence electrons. The van der Waals surface area contributed by atoms with E-state index in [-0.39, 0.29) is 0 Å². The van der Waals surface area contributed by atoms with E-state index < -0.39 is 0 Å². The molecule has 2 heteroatoms. The van der Waals surface area contributed by atoms with E-state index in [1.807, 2.05) is 0 Å². The van der Waals surface area contributed by atoms with E-state index in [4.69, 9.17) is 0 Å². The van der Waals surface area contributed by atoms with Crippen molar-refractivity contribution in [3.8, 4) is 0 Å². The summed E-state index contributed by atoms with van der Waals surface area (Å²) in [4.78, 5) is 2.68. The third-order valence-corrected chi connectivity index (χ3v) is 4.44. The van der Waals surface area contributed by atoms with Crippen LogP contribution in [-0.2, 0) is 0 Å². The van der Waals surface area contributed by atoms with Crippen LogP contribution < -0.4 is 5.32 Å². The molecule has 0 aromatic rings. The lowest BCUT2D eigenvalue weighted by Crippen LogP contribution is -2.46. The second-order valence-corrected chi connectivity index (χ2v) is 6.73. The van der Waals surface area contributed by atoms with Crippen molar-refractivity contribution >= 4 is 0 Å². The molecule has 0 bridgehead atoms. The molecule has 2 fully saturated rings. The van der Waals surface area contributed by atoms with Crippen LogP contribution in [0.15, 0.2) is 0 Å². The molecule has 0 amide bonds. The maximum absolute atomic E-state index is 3.64. The lowest BCUT2D eigenvalue weighted by molar-refractivity contribution is 0.223. The summed E-state index contributed by atoms with van der Waals surface area (Å²) in [5.74, 6) is 1.06. The van der Waals surface area contributed by atoms with Gasteiger partial charge in [-0.05, 0) is 58.7 Å². The summed E-state index contributed by atoms with van der Waals surface area (Å²) >= 11 is 0. The third kappa shape index (κ3) is 4.59. The standard InChI is InChI=1S/C15H30N2/c1-15(2)13-17(12-6-10-16-15)11-5-9-14-7-3-4-8-14/h14,16H,3-13H2,1-2H3. The molecule has 1 heterocycles. The number of nitrogens with zero attached hydrogens (tertiary/aromatic N) is 1. The molecule has 0 unspecified atom stereocenters. The van der Waals surface area contributed by atoms with Crippen LogP contribution in [-0.4, -0.2) is 36.6 Å². The highest BCUT2D eigenvalue weighted by molar-refractivity contribution is 4.84. The van der Waals surface area contributed by atoms with Crippen molar-refractivity contribution < 1.29 is 0 Å². The van der Waals surface area contributed by atoms with E-state index >= 15 is 0 Å². The van der Waals surface area contributed by atoms with Gasteiger partial charge in [0.15, 0.2) is 0 Å². The molecule has 1 aliphatic heterocycles. The summed E-state index contributed by atoms with van der Waals surface area (Å²) in [6.07, 6.45) is 10.2. The van der Waals surface area contributed by atoms with Crippen molar-refractivity contribution in [2.24, 2.45) is 5.92 Å². The molecule has 1 saturated heterocycles. The van der Waals surface area contributed by atoms with Gasteiger partial charge in [-0.2, -0.15) is 0 Å². The van der Waals surface area contributed by atoms with Crippen molar-refractivity contribution in [1.29, 1.82) is 0 Å². The van der Waals surface area contributed by atoms with Crippen LogP contribution in [0.4, 0.5) is 0 Å². The summed E-state index contributed by atoms with van der Waals surface area (Å²) in [5, 5.41) is 3.64. The van der Waals surface area contributed by atoms with E-state index in [0.29, 0.717) is 5.54 Å². The van der Waals surface area contributed by atoms with Crippen molar-refractivity contribution in [1.82, 2.24) is 10.2 Å². The quantitative estimate of drug-likeness (QED) is 0.810. The highest BCUT2D eigenvalue weighted by Gasteiger charge is 2.23. The SMILES string of the molecule is CC1(C)CN(CCCC2CCCC2)CCCN1. The molecule has 0 atom stereocenters. The molecule has 2 rings (SSSR count). The van der Waals surface area contributed by atoms with E-state index in [0.717, 1.165) is 5.92 Å². The van der Waals surface area contributed by atoms with Gasteiger partial charge in [0.2, 0.25) is 0 Å². The summed E-state index contributed by atoms with van der Waals surface area (Å²) in [7, 11) is 0. The summed E-state index contributed by atoms with van der Waals surface area (Å²) in [6.45, 7) is 9.69. The molecule has 1 aliphatic carbocycles. The van der Waals surface area contributed by atoms with E-state index in [2.05, 4.69) is 24.1 Å². The second-order valence-electron chi connectivity index (χ2n) is 6.73. The first kappa shape index (κ1) is 13.4. The molecule has 0 aromatic heterocycles. The molecule has 1 saturated carbocycles. The van der Waals surface area contributed by atoms with Crippen molar-refractivity contribution in [3.05, 3.63) is 0 Å². The second kappa shape index (κ2) is 6.19. The maximum atomic E-state index is 3.64. The Morgan fingerprint density at radius 1 is 1.18 bits per heavy atom.